The van der Waals surface area contributed by atoms with E-state index in [1.165, 1.54) is 104 Å². The van der Waals surface area contributed by atoms with Gasteiger partial charge in [-0.25, -0.2) is 27.7 Å². The number of fused-ring (bicyclic) bond motifs is 1. The Balaban J connectivity index is 0.000000254. The number of hydrogen-bond acceptors (Lipinski definition) is 11. The normalized spacial score (nSPS) is 14.5. The van der Waals surface area contributed by atoms with Gasteiger partial charge < -0.3 is 19.9 Å². The average molecular weight is 1460 g/mol. The number of amidine groups is 1. The minimum atomic E-state index is -3.99. The van der Waals surface area contributed by atoms with Gasteiger partial charge >= 0.3 is 5.97 Å². The maximum Gasteiger partial charge on any atom is 0.335 e. The number of halogens is 5. The fraction of sp³-hybridized carbons (Fsp3) is 0.397. The number of thioether (sulfide) groups is 1. The monoisotopic (exact) mass is 1460 g/mol. The number of ether oxygens (including phenoxy) is 2. The third-order valence-corrected chi connectivity index (χ3v) is 21.6. The molecule has 1 aliphatic heterocycles. The van der Waals surface area contributed by atoms with E-state index in [-0.39, 0.29) is 48.8 Å². The lowest BCUT2D eigenvalue weighted by atomic mass is 9.76. The number of aromatic carboxylic acids is 1. The summed E-state index contributed by atoms with van der Waals surface area (Å²) in [6, 6.07) is 33.9. The van der Waals surface area contributed by atoms with Gasteiger partial charge in [0.2, 0.25) is 0 Å². The molecule has 3 unspecified atom stereocenters. The Morgan fingerprint density at radius 2 is 1.40 bits per heavy atom. The summed E-state index contributed by atoms with van der Waals surface area (Å²) in [5, 5.41) is 26.1. The number of aromatic nitrogens is 4. The number of carboxylic acid groups (broad SMARTS) is 1. The molecule has 0 spiro atoms. The van der Waals surface area contributed by atoms with Crippen molar-refractivity contribution >= 4 is 132 Å². The summed E-state index contributed by atoms with van der Waals surface area (Å²) in [5.74, 6) is 0.260. The molecule has 24 heteroatoms. The molecule has 2 amide bonds. The van der Waals surface area contributed by atoms with Crippen molar-refractivity contribution in [2.45, 2.75) is 197 Å². The number of carbonyl (C=O) groups excluding carboxylic acids is 2. The second-order valence-electron chi connectivity index (χ2n) is 25.4. The number of aryl methyl sites for hydroxylation is 2. The molecule has 9 rings (SSSR count). The summed E-state index contributed by atoms with van der Waals surface area (Å²) in [5.41, 5.74) is 8.97. The molecule has 2 aromatic heterocycles. The van der Waals surface area contributed by atoms with Crippen molar-refractivity contribution in [1.82, 2.24) is 25.2 Å². The van der Waals surface area contributed by atoms with Gasteiger partial charge in [0, 0.05) is 21.2 Å². The van der Waals surface area contributed by atoms with Crippen LogP contribution in [0.2, 0.25) is 25.1 Å². The number of sulfonamides is 1. The third kappa shape index (κ3) is 19.5. The van der Waals surface area contributed by atoms with Gasteiger partial charge in [0.1, 0.15) is 33.3 Å². The van der Waals surface area contributed by atoms with Crippen LogP contribution in [-0.2, 0) is 30.4 Å². The van der Waals surface area contributed by atoms with Crippen molar-refractivity contribution in [3.8, 4) is 11.5 Å². The molecule has 1 fully saturated rings. The number of nitrogens with zero attached hydrogens (tertiary/aromatic N) is 5. The number of benzene rings is 6. The highest BCUT2D eigenvalue weighted by Crippen LogP contribution is 2.43. The van der Waals surface area contributed by atoms with Gasteiger partial charge in [-0.3, -0.25) is 24.8 Å². The summed E-state index contributed by atoms with van der Waals surface area (Å²) in [4.78, 5) is 44.8. The van der Waals surface area contributed by atoms with E-state index in [2.05, 4.69) is 91.4 Å². The van der Waals surface area contributed by atoms with E-state index in [9.17, 15) is 27.9 Å². The lowest BCUT2D eigenvalue weighted by Crippen LogP contribution is -2.36. The predicted molar refractivity (Wildman–Crippen MR) is 395 cm³/mol. The molecule has 3 heterocycles. The Labute approximate surface area is 599 Å². The zero-order valence-electron chi connectivity index (χ0n) is 56.4. The van der Waals surface area contributed by atoms with Gasteiger partial charge in [0.05, 0.1) is 42.6 Å². The third-order valence-electron chi connectivity index (χ3n) is 17.4. The number of carboxylic acids is 1. The molecule has 1 saturated heterocycles. The van der Waals surface area contributed by atoms with Crippen molar-refractivity contribution < 1.29 is 37.4 Å². The van der Waals surface area contributed by atoms with Crippen molar-refractivity contribution in [3.63, 3.8) is 0 Å². The first kappa shape index (κ1) is 75.8. The maximum absolute atomic E-state index is 14.2. The molecule has 518 valence electrons. The SMILES string of the molecule is CCC(Oc1ccc(C(C)(C)CC)cc1C(C)(C)CC)C(=O)Nc1ccccc1SC1C(=O)N(c2c(Cl)cc(Cl)cc2Cl)NC1=Nc1ccc(C)cc1Cl.CCCCCCCCCCCCC(Oc1ccc(NS(=O)(=O)c2cccc(C(=O)O)c2)cc1)c1nnc2c(Cl)c(C)[nH]n12. The summed E-state index contributed by atoms with van der Waals surface area (Å²) in [7, 11) is -3.99. The van der Waals surface area contributed by atoms with E-state index in [1.807, 2.05) is 51.1 Å². The van der Waals surface area contributed by atoms with Gasteiger partial charge in [-0.15, -0.1) is 22.0 Å². The predicted octanol–water partition coefficient (Wildman–Crippen LogP) is 20.5. The first-order valence-corrected chi connectivity index (χ1v) is 37.1. The topological polar surface area (TPSA) is 222 Å². The van der Waals surface area contributed by atoms with E-state index in [0.717, 1.165) is 55.0 Å². The molecule has 0 saturated carbocycles. The van der Waals surface area contributed by atoms with Crippen LogP contribution < -0.4 is 29.9 Å². The lowest BCUT2D eigenvalue weighted by molar-refractivity contribution is -0.123. The summed E-state index contributed by atoms with van der Waals surface area (Å²) >= 11 is 33.5. The largest absolute Gasteiger partial charge is 0.482 e. The zero-order valence-corrected chi connectivity index (χ0v) is 61.8. The highest BCUT2D eigenvalue weighted by atomic mass is 35.5. The summed E-state index contributed by atoms with van der Waals surface area (Å²) < 4.78 is 42.9. The quantitative estimate of drug-likeness (QED) is 0.0256. The lowest BCUT2D eigenvalue weighted by Gasteiger charge is -2.31. The smallest absolute Gasteiger partial charge is 0.335 e. The molecule has 3 atom stereocenters. The molecule has 5 N–H and O–H groups in total. The van der Waals surface area contributed by atoms with Crippen LogP contribution in [-0.4, -0.2) is 68.3 Å². The molecular weight excluding hydrogens is 1370 g/mol. The highest BCUT2D eigenvalue weighted by Gasteiger charge is 2.42. The Morgan fingerprint density at radius 1 is 0.742 bits per heavy atom. The fourth-order valence-corrected chi connectivity index (χ4v) is 14.5. The minimum Gasteiger partial charge on any atom is -0.482 e. The Hall–Kier alpha value is -6.97. The second-order valence-corrected chi connectivity index (χ2v) is 30.3. The molecule has 0 bridgehead atoms. The number of aromatic amines is 1. The average Bonchev–Trinajstić information content (AvgIpc) is 1.65. The van der Waals surface area contributed by atoms with Crippen LogP contribution >= 0.6 is 69.8 Å². The summed E-state index contributed by atoms with van der Waals surface area (Å²) in [6.07, 6.45) is 14.1. The van der Waals surface area contributed by atoms with Crippen molar-refractivity contribution in [2.75, 3.05) is 15.0 Å². The number of aliphatic imine (C=N–C) groups is 1. The molecular formula is C73H86Cl5N9O8S2. The van der Waals surface area contributed by atoms with Crippen LogP contribution in [0.1, 0.15) is 190 Å². The van der Waals surface area contributed by atoms with Crippen LogP contribution in [0.4, 0.5) is 22.7 Å². The number of H-pyrrole nitrogens is 1. The highest BCUT2D eigenvalue weighted by molar-refractivity contribution is 8.01. The first-order valence-electron chi connectivity index (χ1n) is 32.9. The molecule has 17 nitrogen and oxygen atoms in total. The van der Waals surface area contributed by atoms with Gasteiger partial charge in [-0.05, 0) is 153 Å². The number of nitrogens with one attached hydrogen (secondary N) is 4. The molecule has 6 aromatic carbocycles. The second kappa shape index (κ2) is 34.2. The summed E-state index contributed by atoms with van der Waals surface area (Å²) in [6.45, 7) is 21.2. The van der Waals surface area contributed by atoms with Gasteiger partial charge in [0.15, 0.2) is 23.7 Å². The van der Waals surface area contributed by atoms with Crippen molar-refractivity contribution in [2.24, 2.45) is 4.99 Å². The number of amides is 2. The molecule has 8 aromatic rings. The van der Waals surface area contributed by atoms with Gasteiger partial charge in [-0.2, -0.15) is 0 Å². The van der Waals surface area contributed by atoms with Crippen LogP contribution in [0.25, 0.3) is 5.65 Å². The van der Waals surface area contributed by atoms with Crippen molar-refractivity contribution in [3.05, 3.63) is 180 Å². The first-order chi connectivity index (χ1) is 46.2. The zero-order chi connectivity index (χ0) is 70.4. The minimum absolute atomic E-state index is 0.00241. The van der Waals surface area contributed by atoms with Crippen LogP contribution in [0, 0.1) is 13.8 Å². The Bertz CT molecular complexity index is 4200. The fourth-order valence-electron chi connectivity index (χ4n) is 10.8. The van der Waals surface area contributed by atoms with Gasteiger partial charge in [0.25, 0.3) is 21.8 Å². The van der Waals surface area contributed by atoms with Crippen LogP contribution in [0.3, 0.4) is 0 Å². The number of hydrazine groups is 1. The van der Waals surface area contributed by atoms with Crippen LogP contribution in [0.5, 0.6) is 11.5 Å². The molecule has 97 heavy (non-hydrogen) atoms. The number of hydrogen-bond donors (Lipinski definition) is 5. The van der Waals surface area contributed by atoms with Crippen LogP contribution in [0.15, 0.2) is 136 Å². The van der Waals surface area contributed by atoms with E-state index >= 15 is 0 Å². The number of carbonyl (C=O) groups is 3. The molecule has 0 aliphatic carbocycles. The van der Waals surface area contributed by atoms with E-state index in [0.29, 0.717) is 72.3 Å². The molecule has 1 aliphatic rings. The number of unbranched alkanes of at least 4 members (excludes halogenated alkanes) is 9. The standard InChI is InChI=1S/C42H46Cl4N4O3S.C31H40ClN5O5S/c1-9-33(53-34-19-17-25(41(5,6)10-2)21-27(34)42(7,8)11-3)39(51)48-32-14-12-13-15-35(32)54-37-38(47-31-18-16-24(4)20-28(31)44)49-50(40(37)52)36-29(45)22-26(43)23-30(36)46;1-3-4-5-6-7-8-9-10-11-12-16-27(29-33-34-30-28(32)22(2)35-37(29)30)42-25-19-17-24(18-20-25)36-43(40,41)26-15-13-14-23(21-26)31(38)39/h12-23,33,37H,9-11H2,1-8H3,(H,47,49)(H,48,51);13-15,17-21,27,35-36H,3-12,16H2,1-2H3,(H,38,39). The van der Waals surface area contributed by atoms with E-state index in [1.54, 1.807) is 47.0 Å². The Morgan fingerprint density at radius 3 is 2.04 bits per heavy atom. The maximum atomic E-state index is 14.2. The van der Waals surface area contributed by atoms with Crippen molar-refractivity contribution in [1.29, 1.82) is 0 Å². The van der Waals surface area contributed by atoms with E-state index < -0.39 is 33.5 Å². The van der Waals surface area contributed by atoms with E-state index in [4.69, 9.17) is 72.5 Å². The number of rotatable bonds is 31. The Kier molecular flexibility index (Phi) is 26.7. The van der Waals surface area contributed by atoms with Gasteiger partial charge in [-0.1, -0.05) is 208 Å². The number of para-hydroxylation sites is 1. The molecule has 0 radical (unpaired) electrons. The number of anilines is 3.